The van der Waals surface area contributed by atoms with Gasteiger partial charge in [-0.25, -0.2) is 8.42 Å². The zero-order valence-corrected chi connectivity index (χ0v) is 18.6. The minimum Gasteiger partial charge on any atom is -0.484 e. The Morgan fingerprint density at radius 1 is 1.28 bits per heavy atom. The van der Waals surface area contributed by atoms with Crippen molar-refractivity contribution in [2.24, 2.45) is 5.92 Å². The van der Waals surface area contributed by atoms with E-state index < -0.39 is 20.9 Å². The molecule has 29 heavy (non-hydrogen) atoms. The van der Waals surface area contributed by atoms with Crippen LogP contribution in [0.15, 0.2) is 30.4 Å². The minimum atomic E-state index is -3.89. The number of rotatable bonds is 7. The number of nitrogens with zero attached hydrogens (tertiary/aromatic N) is 2. The maximum atomic E-state index is 13.2. The highest BCUT2D eigenvalue weighted by molar-refractivity contribution is 7.90. The second-order valence-electron chi connectivity index (χ2n) is 8.14. The van der Waals surface area contributed by atoms with Gasteiger partial charge >= 0.3 is 0 Å². The summed E-state index contributed by atoms with van der Waals surface area (Å²) >= 11 is 1.53. The Morgan fingerprint density at radius 2 is 2.07 bits per heavy atom. The van der Waals surface area contributed by atoms with Crippen molar-refractivity contribution in [1.82, 2.24) is 9.21 Å². The molecule has 0 aromatic carbocycles. The van der Waals surface area contributed by atoms with Crippen molar-refractivity contribution < 1.29 is 18.3 Å². The van der Waals surface area contributed by atoms with Crippen LogP contribution in [0.4, 0.5) is 0 Å². The van der Waals surface area contributed by atoms with Gasteiger partial charge < -0.3 is 14.7 Å². The van der Waals surface area contributed by atoms with Crippen LogP contribution in [0.25, 0.3) is 0 Å². The summed E-state index contributed by atoms with van der Waals surface area (Å²) in [6, 6.07) is 2.06. The van der Waals surface area contributed by atoms with Crippen molar-refractivity contribution >= 4 is 21.4 Å². The number of fused-ring (bicyclic) bond motifs is 1. The fraction of sp³-hybridized carbons (Fsp3) is 0.619. The Balaban J connectivity index is 1.37. The second-order valence-corrected chi connectivity index (χ2v) is 11.4. The number of allylic oxidation sites excluding steroid dienone is 2. The standard InChI is InChI=1S/C21H30N2O4S2/c1-17-7-2-3-9-21(17,24)29(25,26)23-13-8-18-15-20(28-19(18)16-23)27-14-6-12-22-10-4-5-11-22/h2-3,7,9,15,17,24H,4-6,8,10-14,16H2,1H3. The normalized spacial score (nSPS) is 28.0. The van der Waals surface area contributed by atoms with Gasteiger partial charge in [0.05, 0.1) is 6.61 Å². The number of aliphatic hydroxyl groups is 1. The highest BCUT2D eigenvalue weighted by Gasteiger charge is 2.48. The minimum absolute atomic E-state index is 0.298. The van der Waals surface area contributed by atoms with Gasteiger partial charge in [-0.1, -0.05) is 25.2 Å². The zero-order valence-electron chi connectivity index (χ0n) is 16.9. The first-order valence-electron chi connectivity index (χ1n) is 10.4. The first-order chi connectivity index (χ1) is 13.9. The van der Waals surface area contributed by atoms with Crippen LogP contribution < -0.4 is 4.74 Å². The Kier molecular flexibility index (Phi) is 6.18. The van der Waals surface area contributed by atoms with E-state index in [0.717, 1.165) is 28.5 Å². The fourth-order valence-corrected chi connectivity index (χ4v) is 7.28. The van der Waals surface area contributed by atoms with E-state index in [2.05, 4.69) is 11.0 Å². The van der Waals surface area contributed by atoms with E-state index in [9.17, 15) is 13.5 Å². The van der Waals surface area contributed by atoms with Crippen molar-refractivity contribution in [1.29, 1.82) is 0 Å². The van der Waals surface area contributed by atoms with E-state index in [0.29, 0.717) is 26.1 Å². The Hall–Kier alpha value is -1.19. The lowest BCUT2D eigenvalue weighted by Gasteiger charge is -2.37. The van der Waals surface area contributed by atoms with Gasteiger partial charge in [-0.15, -0.1) is 11.3 Å². The lowest BCUT2D eigenvalue weighted by Crippen LogP contribution is -2.52. The summed E-state index contributed by atoms with van der Waals surface area (Å²) in [6.07, 6.45) is 10.8. The molecule has 8 heteroatoms. The molecule has 2 aliphatic heterocycles. The van der Waals surface area contributed by atoms with Crippen molar-refractivity contribution in [2.75, 3.05) is 32.8 Å². The zero-order chi connectivity index (χ0) is 20.5. The molecule has 0 spiro atoms. The van der Waals surface area contributed by atoms with Crippen LogP contribution in [0.5, 0.6) is 5.06 Å². The van der Waals surface area contributed by atoms with Gasteiger partial charge in [0, 0.05) is 30.4 Å². The number of likely N-dealkylation sites (tertiary alicyclic amines) is 1. The molecule has 6 nitrogen and oxygen atoms in total. The Morgan fingerprint density at radius 3 is 2.83 bits per heavy atom. The van der Waals surface area contributed by atoms with Crippen molar-refractivity contribution in [2.45, 2.75) is 44.1 Å². The second kappa shape index (κ2) is 8.51. The van der Waals surface area contributed by atoms with E-state index in [4.69, 9.17) is 4.74 Å². The van der Waals surface area contributed by atoms with Crippen LogP contribution in [-0.4, -0.2) is 60.4 Å². The smallest absolute Gasteiger partial charge is 0.248 e. The first-order valence-corrected chi connectivity index (χ1v) is 12.7. The fourth-order valence-electron chi connectivity index (χ4n) is 4.25. The summed E-state index contributed by atoms with van der Waals surface area (Å²) in [5, 5.41) is 11.8. The summed E-state index contributed by atoms with van der Waals surface area (Å²) in [6.45, 7) is 6.58. The lowest BCUT2D eigenvalue weighted by atomic mass is 9.99. The van der Waals surface area contributed by atoms with Gasteiger partial charge in [0.1, 0.15) is 0 Å². The molecule has 1 aliphatic carbocycles. The van der Waals surface area contributed by atoms with E-state index in [-0.39, 0.29) is 0 Å². The molecule has 160 valence electrons. The van der Waals surface area contributed by atoms with Crippen molar-refractivity contribution in [3.8, 4) is 5.06 Å². The molecule has 2 atom stereocenters. The monoisotopic (exact) mass is 438 g/mol. The van der Waals surface area contributed by atoms with E-state index in [1.807, 2.05) is 0 Å². The number of hydrogen-bond acceptors (Lipinski definition) is 6. The van der Waals surface area contributed by atoms with Crippen LogP contribution in [-0.2, 0) is 23.0 Å². The maximum absolute atomic E-state index is 13.2. The Labute approximate surface area is 177 Å². The quantitative estimate of drug-likeness (QED) is 0.663. The molecule has 4 rings (SSSR count). The maximum Gasteiger partial charge on any atom is 0.248 e. The summed E-state index contributed by atoms with van der Waals surface area (Å²) in [5.41, 5.74) is 1.16. The van der Waals surface area contributed by atoms with E-state index >= 15 is 0 Å². The largest absolute Gasteiger partial charge is 0.484 e. The predicted molar refractivity (Wildman–Crippen MR) is 116 cm³/mol. The van der Waals surface area contributed by atoms with Gasteiger partial charge in [-0.3, -0.25) is 0 Å². The van der Waals surface area contributed by atoms with Crippen molar-refractivity contribution in [3.63, 3.8) is 0 Å². The van der Waals surface area contributed by atoms with E-state index in [1.165, 1.54) is 47.6 Å². The van der Waals surface area contributed by atoms with Crippen molar-refractivity contribution in [3.05, 3.63) is 40.8 Å². The summed E-state index contributed by atoms with van der Waals surface area (Å²) in [4.78, 5) is 1.61. The highest BCUT2D eigenvalue weighted by Crippen LogP contribution is 2.38. The van der Waals surface area contributed by atoms with Gasteiger partial charge in [-0.05, 0) is 56.5 Å². The van der Waals surface area contributed by atoms with Gasteiger partial charge in [-0.2, -0.15) is 4.31 Å². The number of hydrogen-bond donors (Lipinski definition) is 1. The van der Waals surface area contributed by atoms with Gasteiger partial charge in [0.15, 0.2) is 5.06 Å². The van der Waals surface area contributed by atoms with E-state index in [1.54, 1.807) is 25.2 Å². The molecule has 3 aliphatic rings. The highest BCUT2D eigenvalue weighted by atomic mass is 32.2. The molecule has 1 N–H and O–H groups in total. The third-order valence-corrected chi connectivity index (χ3v) is 9.54. The first kappa shape index (κ1) is 21.1. The molecular formula is C21H30N2O4S2. The summed E-state index contributed by atoms with van der Waals surface area (Å²) < 4.78 is 33.7. The lowest BCUT2D eigenvalue weighted by molar-refractivity contribution is 0.124. The predicted octanol–water partition coefficient (Wildman–Crippen LogP) is 2.75. The number of ether oxygens (including phenoxy) is 1. The van der Waals surface area contributed by atoms with Gasteiger partial charge in [0.25, 0.3) is 0 Å². The van der Waals surface area contributed by atoms with Crippen LogP contribution >= 0.6 is 11.3 Å². The van der Waals surface area contributed by atoms with Crippen LogP contribution in [0, 0.1) is 5.92 Å². The SMILES string of the molecule is CC1C=CC=CC1(O)S(=O)(=O)N1CCc2cc(OCCCN3CCCC3)sc2C1. The van der Waals surface area contributed by atoms with Crippen LogP contribution in [0.1, 0.15) is 36.6 Å². The van der Waals surface area contributed by atoms with Crippen LogP contribution in [0.3, 0.4) is 0 Å². The molecule has 1 aromatic rings. The average Bonchev–Trinajstić information content (AvgIpc) is 3.36. The molecule has 1 fully saturated rings. The molecule has 0 amide bonds. The average molecular weight is 439 g/mol. The molecule has 0 saturated carbocycles. The summed E-state index contributed by atoms with van der Waals surface area (Å²) in [7, 11) is -3.89. The molecular weight excluding hydrogens is 408 g/mol. The van der Waals surface area contributed by atoms with Gasteiger partial charge in [0.2, 0.25) is 15.0 Å². The topological polar surface area (TPSA) is 70.1 Å². The molecule has 1 saturated heterocycles. The molecule has 2 unspecified atom stereocenters. The number of sulfonamides is 1. The third kappa shape index (κ3) is 4.18. The molecule has 3 heterocycles. The molecule has 0 radical (unpaired) electrons. The third-order valence-electron chi connectivity index (χ3n) is 6.14. The number of thiophene rings is 1. The summed E-state index contributed by atoms with van der Waals surface area (Å²) in [5.74, 6) is -0.489. The molecule has 0 bridgehead atoms. The van der Waals surface area contributed by atoms with Crippen LogP contribution in [0.2, 0.25) is 0 Å². The molecule has 1 aromatic heterocycles. The Bertz CT molecular complexity index is 886.